The predicted molar refractivity (Wildman–Crippen MR) is 89.9 cm³/mol. The van der Waals surface area contributed by atoms with Crippen LogP contribution in [0.3, 0.4) is 0 Å². The van der Waals surface area contributed by atoms with E-state index in [2.05, 4.69) is 38.1 Å². The first-order chi connectivity index (χ1) is 10.6. The maximum atomic E-state index is 12.6. The molecule has 3 rings (SSSR count). The van der Waals surface area contributed by atoms with Crippen LogP contribution in [0.25, 0.3) is 0 Å². The first-order valence-corrected chi connectivity index (χ1v) is 8.23. The van der Waals surface area contributed by atoms with Gasteiger partial charge in [0.05, 0.1) is 10.7 Å². The molecule has 1 atom stereocenters. The Hall–Kier alpha value is -1.82. The molecule has 0 aliphatic carbocycles. The van der Waals surface area contributed by atoms with Crippen LogP contribution in [0.15, 0.2) is 47.2 Å². The van der Waals surface area contributed by atoms with Gasteiger partial charge in [0.25, 0.3) is 0 Å². The highest BCUT2D eigenvalue weighted by atomic mass is 79.9. The summed E-state index contributed by atoms with van der Waals surface area (Å²) in [5, 5.41) is 4.21. The van der Waals surface area contributed by atoms with E-state index in [-0.39, 0.29) is 11.9 Å². The van der Waals surface area contributed by atoms with Gasteiger partial charge >= 0.3 is 0 Å². The summed E-state index contributed by atoms with van der Waals surface area (Å²) in [6, 6.07) is 10.1. The first-order valence-electron chi connectivity index (χ1n) is 7.43. The van der Waals surface area contributed by atoms with Crippen molar-refractivity contribution in [1.29, 1.82) is 0 Å². The molecule has 1 fully saturated rings. The molecular formula is C16H19BrN4O. The van der Waals surface area contributed by atoms with Gasteiger partial charge in [-0.15, -0.1) is 0 Å². The molecule has 1 aromatic heterocycles. The molecule has 0 saturated carbocycles. The quantitative estimate of drug-likeness (QED) is 0.842. The van der Waals surface area contributed by atoms with Crippen LogP contribution in [0, 0.1) is 0 Å². The molecule has 5 nitrogen and oxygen atoms in total. The van der Waals surface area contributed by atoms with Gasteiger partial charge in [-0.1, -0.05) is 18.2 Å². The number of carbonyl (C=O) groups is 1. The van der Waals surface area contributed by atoms with E-state index in [0.29, 0.717) is 0 Å². The molecule has 1 unspecified atom stereocenters. The van der Waals surface area contributed by atoms with Gasteiger partial charge < -0.3 is 9.80 Å². The minimum absolute atomic E-state index is 0.128. The minimum Gasteiger partial charge on any atom is -0.368 e. The fraction of sp³-hybridized carbons (Fsp3) is 0.375. The van der Waals surface area contributed by atoms with Crippen molar-refractivity contribution in [3.05, 3.63) is 47.2 Å². The Morgan fingerprint density at radius 3 is 2.45 bits per heavy atom. The van der Waals surface area contributed by atoms with Gasteiger partial charge in [-0.25, -0.2) is 0 Å². The highest BCUT2D eigenvalue weighted by Gasteiger charge is 2.26. The second-order valence-electron chi connectivity index (χ2n) is 5.46. The third-order valence-electron chi connectivity index (χ3n) is 4.04. The standard InChI is InChI=1S/C16H19BrN4O/c1-13(21-12-14(17)11-18-21)16(22)20-9-7-19(8-10-20)15-5-3-2-4-6-15/h2-6,11-13H,7-10H2,1H3. The van der Waals surface area contributed by atoms with Crippen LogP contribution in [0.2, 0.25) is 0 Å². The summed E-state index contributed by atoms with van der Waals surface area (Å²) in [5.74, 6) is 0.128. The maximum absolute atomic E-state index is 12.6. The van der Waals surface area contributed by atoms with Crippen LogP contribution in [0.4, 0.5) is 5.69 Å². The lowest BCUT2D eigenvalue weighted by molar-refractivity contribution is -0.134. The maximum Gasteiger partial charge on any atom is 0.247 e. The topological polar surface area (TPSA) is 41.4 Å². The summed E-state index contributed by atoms with van der Waals surface area (Å²) in [4.78, 5) is 16.8. The van der Waals surface area contributed by atoms with Gasteiger partial charge in [0.15, 0.2) is 0 Å². The third-order valence-corrected chi connectivity index (χ3v) is 4.45. The molecule has 1 aromatic carbocycles. The van der Waals surface area contributed by atoms with Crippen LogP contribution in [0.5, 0.6) is 0 Å². The van der Waals surface area contributed by atoms with E-state index in [1.54, 1.807) is 10.9 Å². The second-order valence-corrected chi connectivity index (χ2v) is 6.38. The molecule has 0 radical (unpaired) electrons. The SMILES string of the molecule is CC(C(=O)N1CCN(c2ccccc2)CC1)n1cc(Br)cn1. The van der Waals surface area contributed by atoms with Crippen LogP contribution < -0.4 is 4.90 Å². The summed E-state index contributed by atoms with van der Waals surface area (Å²) >= 11 is 3.36. The smallest absolute Gasteiger partial charge is 0.247 e. The van der Waals surface area contributed by atoms with Crippen molar-refractivity contribution in [2.75, 3.05) is 31.1 Å². The number of amides is 1. The number of halogens is 1. The second kappa shape index (κ2) is 6.52. The largest absolute Gasteiger partial charge is 0.368 e. The van der Waals surface area contributed by atoms with Crippen LogP contribution in [-0.4, -0.2) is 46.8 Å². The predicted octanol–water partition coefficient (Wildman–Crippen LogP) is 2.56. The Morgan fingerprint density at radius 2 is 1.86 bits per heavy atom. The van der Waals surface area contributed by atoms with E-state index in [9.17, 15) is 4.79 Å². The lowest BCUT2D eigenvalue weighted by Gasteiger charge is -2.37. The number of para-hydroxylation sites is 1. The molecule has 22 heavy (non-hydrogen) atoms. The molecule has 1 aliphatic rings. The lowest BCUT2D eigenvalue weighted by Crippen LogP contribution is -2.50. The average molecular weight is 363 g/mol. The number of rotatable bonds is 3. The lowest BCUT2D eigenvalue weighted by atomic mass is 10.2. The summed E-state index contributed by atoms with van der Waals surface area (Å²) in [6.45, 7) is 5.13. The molecule has 6 heteroatoms. The van der Waals surface area contributed by atoms with Crippen LogP contribution in [0.1, 0.15) is 13.0 Å². The Morgan fingerprint density at radius 1 is 1.18 bits per heavy atom. The zero-order valence-electron chi connectivity index (χ0n) is 12.5. The van der Waals surface area contributed by atoms with Crippen molar-refractivity contribution in [1.82, 2.24) is 14.7 Å². The van der Waals surface area contributed by atoms with Gasteiger partial charge in [-0.2, -0.15) is 5.10 Å². The highest BCUT2D eigenvalue weighted by Crippen LogP contribution is 2.18. The average Bonchev–Trinajstić information content (AvgIpc) is 3.01. The summed E-state index contributed by atoms with van der Waals surface area (Å²) in [5.41, 5.74) is 1.22. The molecule has 1 aliphatic heterocycles. The van der Waals surface area contributed by atoms with E-state index in [0.717, 1.165) is 30.7 Å². The van der Waals surface area contributed by atoms with Crippen molar-refractivity contribution >= 4 is 27.5 Å². The van der Waals surface area contributed by atoms with Gasteiger partial charge in [0.1, 0.15) is 6.04 Å². The molecule has 1 saturated heterocycles. The number of hydrogen-bond acceptors (Lipinski definition) is 3. The number of benzene rings is 1. The summed E-state index contributed by atoms with van der Waals surface area (Å²) in [7, 11) is 0. The number of anilines is 1. The zero-order valence-corrected chi connectivity index (χ0v) is 14.1. The molecule has 116 valence electrons. The van der Waals surface area contributed by atoms with Gasteiger partial charge in [0.2, 0.25) is 5.91 Å². The Kier molecular flexibility index (Phi) is 4.47. The Labute approximate surface area is 138 Å². The monoisotopic (exact) mass is 362 g/mol. The number of piperazine rings is 1. The van der Waals surface area contributed by atoms with E-state index < -0.39 is 0 Å². The first kappa shape index (κ1) is 15.1. The van der Waals surface area contributed by atoms with E-state index in [1.165, 1.54) is 5.69 Å². The highest BCUT2D eigenvalue weighted by molar-refractivity contribution is 9.10. The van der Waals surface area contributed by atoms with Gasteiger partial charge in [-0.3, -0.25) is 9.48 Å². The van der Waals surface area contributed by atoms with Crippen molar-refractivity contribution in [2.24, 2.45) is 0 Å². The van der Waals surface area contributed by atoms with E-state index in [4.69, 9.17) is 0 Å². The normalized spacial score (nSPS) is 16.6. The Bertz CT molecular complexity index is 635. The molecular weight excluding hydrogens is 344 g/mol. The van der Waals surface area contributed by atoms with Gasteiger partial charge in [-0.05, 0) is 35.0 Å². The van der Waals surface area contributed by atoms with E-state index >= 15 is 0 Å². The minimum atomic E-state index is -0.269. The zero-order chi connectivity index (χ0) is 15.5. The van der Waals surface area contributed by atoms with Crippen LogP contribution >= 0.6 is 15.9 Å². The molecule has 2 heterocycles. The molecule has 0 N–H and O–H groups in total. The fourth-order valence-electron chi connectivity index (χ4n) is 2.73. The van der Waals surface area contributed by atoms with Crippen molar-refractivity contribution in [3.63, 3.8) is 0 Å². The van der Waals surface area contributed by atoms with Gasteiger partial charge in [0, 0.05) is 38.1 Å². The Balaban J connectivity index is 1.60. The van der Waals surface area contributed by atoms with Crippen molar-refractivity contribution in [3.8, 4) is 0 Å². The number of hydrogen-bond donors (Lipinski definition) is 0. The number of aromatic nitrogens is 2. The number of carbonyl (C=O) groups excluding carboxylic acids is 1. The number of nitrogens with zero attached hydrogens (tertiary/aromatic N) is 4. The van der Waals surface area contributed by atoms with Crippen LogP contribution in [-0.2, 0) is 4.79 Å². The van der Waals surface area contributed by atoms with Crippen molar-refractivity contribution < 1.29 is 4.79 Å². The molecule has 1 amide bonds. The summed E-state index contributed by atoms with van der Waals surface area (Å²) < 4.78 is 2.59. The van der Waals surface area contributed by atoms with E-state index in [1.807, 2.05) is 36.2 Å². The third kappa shape index (κ3) is 3.16. The molecule has 2 aromatic rings. The van der Waals surface area contributed by atoms with Crippen molar-refractivity contribution in [2.45, 2.75) is 13.0 Å². The molecule has 0 bridgehead atoms. The summed E-state index contributed by atoms with van der Waals surface area (Å²) in [6.07, 6.45) is 3.54. The fourth-order valence-corrected chi connectivity index (χ4v) is 3.03. The molecule has 0 spiro atoms.